The maximum absolute atomic E-state index is 5.32. The number of nitrogens with zero attached hydrogens (tertiary/aromatic N) is 1. The van der Waals surface area contributed by atoms with Gasteiger partial charge in [0.2, 0.25) is 0 Å². The highest BCUT2D eigenvalue weighted by molar-refractivity contribution is 5.48. The molecule has 0 aliphatic rings. The molecule has 0 unspecified atom stereocenters. The summed E-state index contributed by atoms with van der Waals surface area (Å²) in [5, 5.41) is 0. The van der Waals surface area contributed by atoms with Crippen molar-refractivity contribution in [3.63, 3.8) is 0 Å². The Morgan fingerprint density at radius 2 is 2.45 bits per heavy atom. The number of nitrogens with two attached hydrogens (primary N) is 1. The minimum Gasteiger partial charge on any atom is -0.354 e. The first-order valence-electron chi connectivity index (χ1n) is 3.89. The molecular weight excluding hydrogens is 136 g/mol. The highest BCUT2D eigenvalue weighted by Crippen LogP contribution is 2.02. The molecule has 0 saturated heterocycles. The van der Waals surface area contributed by atoms with E-state index in [1.54, 1.807) is 0 Å². The van der Waals surface area contributed by atoms with Gasteiger partial charge >= 0.3 is 0 Å². The predicted octanol–water partition coefficient (Wildman–Crippen LogP) is 1.48. The van der Waals surface area contributed by atoms with Gasteiger partial charge in [-0.2, -0.15) is 0 Å². The molecule has 1 aromatic heterocycles. The molecule has 0 aliphatic carbocycles. The number of aryl methyl sites for hydroxylation is 1. The first-order valence-corrected chi connectivity index (χ1v) is 3.89. The Bertz CT molecular complexity index is 235. The largest absolute Gasteiger partial charge is 0.354 e. The summed E-state index contributed by atoms with van der Waals surface area (Å²) < 4.78 is 2.14. The lowest BCUT2D eigenvalue weighted by Gasteiger charge is -1.91. The van der Waals surface area contributed by atoms with Gasteiger partial charge in [0.05, 0.1) is 0 Å². The lowest BCUT2D eigenvalue weighted by Crippen LogP contribution is -1.91. The fourth-order valence-electron chi connectivity index (χ4n) is 0.959. The van der Waals surface area contributed by atoms with Crippen molar-refractivity contribution in [1.29, 1.82) is 0 Å². The second-order valence-electron chi connectivity index (χ2n) is 2.41. The van der Waals surface area contributed by atoms with Crippen LogP contribution in [0.4, 0.5) is 0 Å². The van der Waals surface area contributed by atoms with E-state index in [4.69, 9.17) is 5.73 Å². The van der Waals surface area contributed by atoms with E-state index in [2.05, 4.69) is 30.0 Å². The van der Waals surface area contributed by atoms with Gasteiger partial charge in [0.15, 0.2) is 0 Å². The Balaban J connectivity index is 2.65. The van der Waals surface area contributed by atoms with Crippen LogP contribution >= 0.6 is 0 Å². The molecule has 1 aromatic rings. The molecule has 1 rings (SSSR count). The van der Waals surface area contributed by atoms with E-state index < -0.39 is 0 Å². The van der Waals surface area contributed by atoms with Crippen LogP contribution in [0.2, 0.25) is 0 Å². The summed E-state index contributed by atoms with van der Waals surface area (Å²) in [5.41, 5.74) is 6.54. The Kier molecular flexibility index (Phi) is 2.93. The Hall–Kier alpha value is -1.02. The Labute approximate surface area is 67.3 Å². The van der Waals surface area contributed by atoms with Crippen molar-refractivity contribution < 1.29 is 0 Å². The highest BCUT2D eigenvalue weighted by Gasteiger charge is 1.88. The van der Waals surface area contributed by atoms with Crippen LogP contribution in [0.5, 0.6) is 0 Å². The van der Waals surface area contributed by atoms with Gasteiger partial charge in [-0.15, -0.1) is 0 Å². The molecule has 2 N–H and O–H groups in total. The number of hydrogen-bond donors (Lipinski definition) is 1. The molecule has 0 spiro atoms. The zero-order chi connectivity index (χ0) is 8.10. The molecule has 0 amide bonds. The second kappa shape index (κ2) is 3.98. The van der Waals surface area contributed by atoms with E-state index in [1.807, 2.05) is 12.2 Å². The van der Waals surface area contributed by atoms with Gasteiger partial charge < -0.3 is 10.3 Å². The van der Waals surface area contributed by atoms with E-state index in [0.29, 0.717) is 6.54 Å². The molecule has 2 nitrogen and oxygen atoms in total. The SMILES string of the molecule is CCn1ccc(C=CCN)c1. The van der Waals surface area contributed by atoms with Gasteiger partial charge in [0, 0.05) is 25.5 Å². The van der Waals surface area contributed by atoms with E-state index in [0.717, 1.165) is 6.54 Å². The maximum atomic E-state index is 5.32. The van der Waals surface area contributed by atoms with Crippen LogP contribution < -0.4 is 5.73 Å². The number of rotatable bonds is 3. The molecule has 0 atom stereocenters. The molecule has 60 valence electrons. The quantitative estimate of drug-likeness (QED) is 0.695. The van der Waals surface area contributed by atoms with Crippen molar-refractivity contribution >= 4 is 6.08 Å². The average Bonchev–Trinajstić information content (AvgIpc) is 2.48. The van der Waals surface area contributed by atoms with Crippen LogP contribution in [0.1, 0.15) is 12.5 Å². The summed E-state index contributed by atoms with van der Waals surface area (Å²) in [6, 6.07) is 2.08. The minimum atomic E-state index is 0.608. The Morgan fingerprint density at radius 1 is 1.64 bits per heavy atom. The lowest BCUT2D eigenvalue weighted by atomic mass is 10.3. The molecule has 0 aliphatic heterocycles. The van der Waals surface area contributed by atoms with Crippen LogP contribution in [-0.2, 0) is 6.54 Å². The van der Waals surface area contributed by atoms with Gasteiger partial charge in [0.25, 0.3) is 0 Å². The molecule has 1 heterocycles. The summed E-state index contributed by atoms with van der Waals surface area (Å²) >= 11 is 0. The summed E-state index contributed by atoms with van der Waals surface area (Å²) in [7, 11) is 0. The lowest BCUT2D eigenvalue weighted by molar-refractivity contribution is 0.769. The maximum Gasteiger partial charge on any atom is 0.0191 e. The van der Waals surface area contributed by atoms with Crippen molar-refractivity contribution in [2.45, 2.75) is 13.5 Å². The average molecular weight is 150 g/mol. The van der Waals surface area contributed by atoms with Crippen molar-refractivity contribution in [2.24, 2.45) is 5.73 Å². The van der Waals surface area contributed by atoms with Crippen molar-refractivity contribution in [3.05, 3.63) is 30.1 Å². The Morgan fingerprint density at radius 3 is 3.00 bits per heavy atom. The fraction of sp³-hybridized carbons (Fsp3) is 0.333. The molecular formula is C9H14N2. The van der Waals surface area contributed by atoms with Gasteiger partial charge in [-0.05, 0) is 18.6 Å². The topological polar surface area (TPSA) is 30.9 Å². The molecule has 0 radical (unpaired) electrons. The highest BCUT2D eigenvalue weighted by atomic mass is 14.9. The van der Waals surface area contributed by atoms with E-state index in [1.165, 1.54) is 5.56 Å². The van der Waals surface area contributed by atoms with Crippen molar-refractivity contribution in [2.75, 3.05) is 6.54 Å². The van der Waals surface area contributed by atoms with Crippen molar-refractivity contribution in [1.82, 2.24) is 4.57 Å². The molecule has 0 aromatic carbocycles. The van der Waals surface area contributed by atoms with Crippen LogP contribution in [0.25, 0.3) is 6.08 Å². The monoisotopic (exact) mass is 150 g/mol. The smallest absolute Gasteiger partial charge is 0.0191 e. The molecule has 2 heteroatoms. The fourth-order valence-corrected chi connectivity index (χ4v) is 0.959. The third-order valence-electron chi connectivity index (χ3n) is 1.58. The number of aromatic nitrogens is 1. The van der Waals surface area contributed by atoms with E-state index in [9.17, 15) is 0 Å². The van der Waals surface area contributed by atoms with E-state index >= 15 is 0 Å². The van der Waals surface area contributed by atoms with Gasteiger partial charge in [-0.25, -0.2) is 0 Å². The van der Waals surface area contributed by atoms with Crippen LogP contribution in [0.15, 0.2) is 24.5 Å². The summed E-state index contributed by atoms with van der Waals surface area (Å²) in [4.78, 5) is 0. The van der Waals surface area contributed by atoms with E-state index in [-0.39, 0.29) is 0 Å². The molecule has 0 saturated carbocycles. The van der Waals surface area contributed by atoms with Gasteiger partial charge in [-0.1, -0.05) is 12.2 Å². The standard InChI is InChI=1S/C9H14N2/c1-2-11-7-5-9(8-11)4-3-6-10/h3-5,7-8H,2,6,10H2,1H3. The third kappa shape index (κ3) is 2.24. The first-order chi connectivity index (χ1) is 5.36. The predicted molar refractivity (Wildman–Crippen MR) is 48.2 cm³/mol. The third-order valence-corrected chi connectivity index (χ3v) is 1.58. The zero-order valence-electron chi connectivity index (χ0n) is 6.83. The summed E-state index contributed by atoms with van der Waals surface area (Å²) in [6.07, 6.45) is 8.16. The molecule has 0 bridgehead atoms. The molecule has 0 fully saturated rings. The zero-order valence-corrected chi connectivity index (χ0v) is 6.83. The van der Waals surface area contributed by atoms with Crippen LogP contribution in [0, 0.1) is 0 Å². The molecule has 11 heavy (non-hydrogen) atoms. The van der Waals surface area contributed by atoms with Crippen LogP contribution in [-0.4, -0.2) is 11.1 Å². The first kappa shape index (κ1) is 8.08. The number of hydrogen-bond acceptors (Lipinski definition) is 1. The normalized spacial score (nSPS) is 11.1. The minimum absolute atomic E-state index is 0.608. The van der Waals surface area contributed by atoms with Gasteiger partial charge in [0.1, 0.15) is 0 Å². The van der Waals surface area contributed by atoms with Crippen molar-refractivity contribution in [3.8, 4) is 0 Å². The van der Waals surface area contributed by atoms with Gasteiger partial charge in [-0.3, -0.25) is 0 Å². The summed E-state index contributed by atoms with van der Waals surface area (Å²) in [5.74, 6) is 0. The summed E-state index contributed by atoms with van der Waals surface area (Å²) in [6.45, 7) is 3.75. The second-order valence-corrected chi connectivity index (χ2v) is 2.41. The van der Waals surface area contributed by atoms with Crippen LogP contribution in [0.3, 0.4) is 0 Å².